The number of fused-ring (bicyclic) bond motifs is 2. The fourth-order valence-corrected chi connectivity index (χ4v) is 3.60. The molecule has 0 aliphatic carbocycles. The van der Waals surface area contributed by atoms with Gasteiger partial charge in [0.1, 0.15) is 0 Å². The van der Waals surface area contributed by atoms with Crippen LogP contribution in [-0.4, -0.2) is 33.8 Å². The summed E-state index contributed by atoms with van der Waals surface area (Å²) in [6, 6.07) is 13.0. The van der Waals surface area contributed by atoms with E-state index in [4.69, 9.17) is 0 Å². The first-order valence-corrected chi connectivity index (χ1v) is 7.96. The van der Waals surface area contributed by atoms with E-state index < -0.39 is 0 Å². The molecule has 3 heterocycles. The van der Waals surface area contributed by atoms with Crippen molar-refractivity contribution in [2.24, 2.45) is 0 Å². The number of para-hydroxylation sites is 1. The standard InChI is InChI=1S/C17H20N4O.ClH/c22-17(19-14-10-12-6-7-13(11-14)18-12)16-8-9-21(20-16)15-4-2-1-3-5-15;/h1-5,8-9,12-14,18H,6-7,10-11H2,(H,19,22);1H. The molecule has 6 heteroatoms. The summed E-state index contributed by atoms with van der Waals surface area (Å²) < 4.78 is 1.74. The van der Waals surface area contributed by atoms with Crippen molar-refractivity contribution >= 4 is 18.3 Å². The molecule has 1 aromatic carbocycles. The van der Waals surface area contributed by atoms with Crippen molar-refractivity contribution in [2.75, 3.05) is 0 Å². The molecule has 2 aromatic rings. The molecule has 2 aliphatic heterocycles. The van der Waals surface area contributed by atoms with Crippen molar-refractivity contribution in [3.63, 3.8) is 0 Å². The van der Waals surface area contributed by atoms with Crippen LogP contribution in [0.1, 0.15) is 36.2 Å². The number of benzene rings is 1. The minimum absolute atomic E-state index is 0. The van der Waals surface area contributed by atoms with Crippen LogP contribution >= 0.6 is 12.4 Å². The zero-order chi connectivity index (χ0) is 14.9. The second kappa shape index (κ2) is 6.72. The number of amides is 1. The molecule has 122 valence electrons. The largest absolute Gasteiger partial charge is 0.348 e. The van der Waals surface area contributed by atoms with Crippen LogP contribution < -0.4 is 10.6 Å². The Labute approximate surface area is 141 Å². The van der Waals surface area contributed by atoms with E-state index in [-0.39, 0.29) is 24.4 Å². The number of piperidine rings is 1. The van der Waals surface area contributed by atoms with Gasteiger partial charge in [0.25, 0.3) is 5.91 Å². The summed E-state index contributed by atoms with van der Waals surface area (Å²) in [5.41, 5.74) is 1.44. The van der Waals surface area contributed by atoms with E-state index in [9.17, 15) is 4.79 Å². The number of aromatic nitrogens is 2. The number of nitrogens with one attached hydrogen (secondary N) is 2. The zero-order valence-corrected chi connectivity index (χ0v) is 13.6. The van der Waals surface area contributed by atoms with E-state index in [1.807, 2.05) is 36.5 Å². The first-order valence-electron chi connectivity index (χ1n) is 7.96. The average Bonchev–Trinajstić information content (AvgIpc) is 3.15. The lowest BCUT2D eigenvalue weighted by molar-refractivity contribution is 0.0918. The van der Waals surface area contributed by atoms with Gasteiger partial charge in [-0.05, 0) is 43.9 Å². The van der Waals surface area contributed by atoms with Gasteiger partial charge in [-0.25, -0.2) is 4.68 Å². The number of nitrogens with zero attached hydrogens (tertiary/aromatic N) is 2. The minimum Gasteiger partial charge on any atom is -0.348 e. The highest BCUT2D eigenvalue weighted by atomic mass is 35.5. The molecule has 1 aromatic heterocycles. The average molecular weight is 333 g/mol. The highest BCUT2D eigenvalue weighted by Crippen LogP contribution is 2.26. The first kappa shape index (κ1) is 16.0. The third-order valence-electron chi connectivity index (χ3n) is 4.65. The van der Waals surface area contributed by atoms with E-state index in [0.717, 1.165) is 18.5 Å². The molecule has 2 saturated heterocycles. The van der Waals surface area contributed by atoms with Crippen molar-refractivity contribution in [1.29, 1.82) is 0 Å². The molecule has 2 atom stereocenters. The summed E-state index contributed by atoms with van der Waals surface area (Å²) in [5, 5.41) is 11.1. The quantitative estimate of drug-likeness (QED) is 0.906. The van der Waals surface area contributed by atoms with Gasteiger partial charge in [-0.1, -0.05) is 18.2 Å². The lowest BCUT2D eigenvalue weighted by atomic mass is 10.00. The molecule has 0 radical (unpaired) electrons. The van der Waals surface area contributed by atoms with Crippen molar-refractivity contribution < 1.29 is 4.79 Å². The van der Waals surface area contributed by atoms with Crippen molar-refractivity contribution in [2.45, 2.75) is 43.8 Å². The molecule has 2 unspecified atom stereocenters. The summed E-state index contributed by atoms with van der Waals surface area (Å²) in [6.45, 7) is 0. The Bertz CT molecular complexity index is 660. The molecule has 4 rings (SSSR count). The van der Waals surface area contributed by atoms with Gasteiger partial charge in [-0.3, -0.25) is 4.79 Å². The highest BCUT2D eigenvalue weighted by molar-refractivity contribution is 5.92. The van der Waals surface area contributed by atoms with Crippen molar-refractivity contribution in [3.8, 4) is 5.69 Å². The summed E-state index contributed by atoms with van der Waals surface area (Å²) in [5.74, 6) is -0.0685. The van der Waals surface area contributed by atoms with Crippen LogP contribution in [0.3, 0.4) is 0 Å². The molecule has 2 aliphatic rings. The Kier molecular flexibility index (Phi) is 4.68. The van der Waals surface area contributed by atoms with Gasteiger partial charge in [-0.2, -0.15) is 5.10 Å². The smallest absolute Gasteiger partial charge is 0.272 e. The highest BCUT2D eigenvalue weighted by Gasteiger charge is 2.34. The van der Waals surface area contributed by atoms with Gasteiger partial charge in [0.05, 0.1) is 5.69 Å². The molecule has 23 heavy (non-hydrogen) atoms. The lowest BCUT2D eigenvalue weighted by Crippen LogP contribution is -2.48. The Balaban J connectivity index is 0.00000156. The predicted octanol–water partition coefficient (Wildman–Crippen LogP) is 2.31. The number of hydrogen-bond donors (Lipinski definition) is 2. The third kappa shape index (κ3) is 3.41. The Morgan fingerprint density at radius 3 is 2.52 bits per heavy atom. The second-order valence-electron chi connectivity index (χ2n) is 6.26. The van der Waals surface area contributed by atoms with Crippen LogP contribution in [0, 0.1) is 0 Å². The van der Waals surface area contributed by atoms with Crippen LogP contribution in [0.15, 0.2) is 42.6 Å². The van der Waals surface area contributed by atoms with E-state index in [2.05, 4.69) is 15.7 Å². The maximum absolute atomic E-state index is 12.4. The molecule has 2 N–H and O–H groups in total. The SMILES string of the molecule is Cl.O=C(NC1CC2CCC(C1)N2)c1ccn(-c2ccccc2)n1. The number of carbonyl (C=O) groups excluding carboxylic acids is 1. The van der Waals surface area contributed by atoms with Gasteiger partial charge in [0.2, 0.25) is 0 Å². The van der Waals surface area contributed by atoms with Crippen LogP contribution in [-0.2, 0) is 0 Å². The fraction of sp³-hybridized carbons (Fsp3) is 0.412. The van der Waals surface area contributed by atoms with Gasteiger partial charge in [0, 0.05) is 24.3 Å². The van der Waals surface area contributed by atoms with E-state index in [1.54, 1.807) is 10.7 Å². The molecule has 0 spiro atoms. The molecule has 5 nitrogen and oxygen atoms in total. The van der Waals surface area contributed by atoms with Crippen molar-refractivity contribution in [1.82, 2.24) is 20.4 Å². The monoisotopic (exact) mass is 332 g/mol. The molecule has 1 amide bonds. The van der Waals surface area contributed by atoms with E-state index in [0.29, 0.717) is 17.8 Å². The molecular weight excluding hydrogens is 312 g/mol. The Morgan fingerprint density at radius 1 is 1.13 bits per heavy atom. The normalized spacial score (nSPS) is 25.7. The second-order valence-corrected chi connectivity index (χ2v) is 6.26. The van der Waals surface area contributed by atoms with Gasteiger partial charge >= 0.3 is 0 Å². The maximum atomic E-state index is 12.4. The molecule has 2 fully saturated rings. The Hall–Kier alpha value is -1.85. The van der Waals surface area contributed by atoms with Gasteiger partial charge in [-0.15, -0.1) is 12.4 Å². The van der Waals surface area contributed by atoms with E-state index in [1.165, 1.54) is 12.8 Å². The Morgan fingerprint density at radius 2 is 1.83 bits per heavy atom. The van der Waals surface area contributed by atoms with Crippen molar-refractivity contribution in [3.05, 3.63) is 48.3 Å². The first-order chi connectivity index (χ1) is 10.8. The zero-order valence-electron chi connectivity index (χ0n) is 12.8. The summed E-state index contributed by atoms with van der Waals surface area (Å²) >= 11 is 0. The number of carbonyl (C=O) groups is 1. The number of hydrogen-bond acceptors (Lipinski definition) is 3. The summed E-state index contributed by atoms with van der Waals surface area (Å²) in [6.07, 6.45) is 6.36. The topological polar surface area (TPSA) is 59.0 Å². The predicted molar refractivity (Wildman–Crippen MR) is 91.2 cm³/mol. The fourth-order valence-electron chi connectivity index (χ4n) is 3.60. The molecule has 0 saturated carbocycles. The van der Waals surface area contributed by atoms with Gasteiger partial charge in [0.15, 0.2) is 5.69 Å². The molecule has 2 bridgehead atoms. The van der Waals surface area contributed by atoms with E-state index >= 15 is 0 Å². The van der Waals surface area contributed by atoms with Crippen LogP contribution in [0.25, 0.3) is 5.69 Å². The van der Waals surface area contributed by atoms with Crippen LogP contribution in [0.2, 0.25) is 0 Å². The number of halogens is 1. The summed E-state index contributed by atoms with van der Waals surface area (Å²) in [7, 11) is 0. The van der Waals surface area contributed by atoms with Gasteiger partial charge < -0.3 is 10.6 Å². The summed E-state index contributed by atoms with van der Waals surface area (Å²) in [4.78, 5) is 12.4. The van der Waals surface area contributed by atoms with Crippen LogP contribution in [0.4, 0.5) is 0 Å². The van der Waals surface area contributed by atoms with Crippen LogP contribution in [0.5, 0.6) is 0 Å². The minimum atomic E-state index is -0.0685. The maximum Gasteiger partial charge on any atom is 0.272 e. The lowest BCUT2D eigenvalue weighted by Gasteiger charge is -2.29. The number of rotatable bonds is 3. The molecular formula is C17H21ClN4O. The third-order valence-corrected chi connectivity index (χ3v) is 4.65.